The standard InChI is InChI=1S/C27H33FN8/c1-4-34-11-13-35(14-12-34)17-20-7-5-9-24(30-15-20)32-27-31-16-23(28)25(33-27)22-18-36(19(2)3)26-21(22)8-6-10-29-26/h5-8,10,15-16,18-19H,4,9,11-14,17H2,1-3H3,(H,30,31,32,33). The van der Waals surface area contributed by atoms with Gasteiger partial charge in [0, 0.05) is 74.7 Å². The van der Waals surface area contributed by atoms with Crippen molar-refractivity contribution in [2.45, 2.75) is 33.2 Å². The lowest BCUT2D eigenvalue weighted by Gasteiger charge is -2.34. The lowest BCUT2D eigenvalue weighted by Crippen LogP contribution is -2.46. The second kappa shape index (κ2) is 10.7. The van der Waals surface area contributed by atoms with Crippen LogP contribution >= 0.6 is 0 Å². The number of pyridine rings is 1. The van der Waals surface area contributed by atoms with E-state index in [1.54, 1.807) is 6.20 Å². The minimum Gasteiger partial charge on any atom is -0.329 e. The fourth-order valence-electron chi connectivity index (χ4n) is 4.69. The van der Waals surface area contributed by atoms with Crippen LogP contribution in [-0.2, 0) is 0 Å². The number of anilines is 1. The molecule has 0 amide bonds. The Morgan fingerprint density at radius 1 is 1.11 bits per heavy atom. The van der Waals surface area contributed by atoms with E-state index in [-0.39, 0.29) is 11.7 Å². The Balaban J connectivity index is 1.35. The number of aromatic nitrogens is 4. The van der Waals surface area contributed by atoms with Gasteiger partial charge in [0.1, 0.15) is 17.2 Å². The van der Waals surface area contributed by atoms with E-state index >= 15 is 0 Å². The van der Waals surface area contributed by atoms with Gasteiger partial charge in [-0.25, -0.2) is 24.3 Å². The molecule has 8 nitrogen and oxygen atoms in total. The molecule has 188 valence electrons. The molecule has 1 saturated heterocycles. The molecule has 1 N–H and O–H groups in total. The van der Waals surface area contributed by atoms with Crippen molar-refractivity contribution in [1.82, 2.24) is 29.3 Å². The SMILES string of the molecule is CCN1CCN(CC2=CN=C(Nc3ncc(F)c(-c4cn(C(C)C)c5ncccc45)n3)CC=C2)CC1. The molecule has 2 aliphatic rings. The Kier molecular flexibility index (Phi) is 7.20. The number of hydrogen-bond donors (Lipinski definition) is 1. The number of rotatable bonds is 6. The Morgan fingerprint density at radius 3 is 2.69 bits per heavy atom. The third kappa shape index (κ3) is 5.22. The fourth-order valence-corrected chi connectivity index (χ4v) is 4.69. The summed E-state index contributed by atoms with van der Waals surface area (Å²) in [5.74, 6) is 0.571. The lowest BCUT2D eigenvalue weighted by molar-refractivity contribution is 0.146. The highest BCUT2D eigenvalue weighted by molar-refractivity contribution is 5.97. The number of nitrogens with zero attached hydrogens (tertiary/aromatic N) is 7. The first-order valence-electron chi connectivity index (χ1n) is 12.6. The van der Waals surface area contributed by atoms with E-state index in [1.807, 2.05) is 29.1 Å². The molecule has 0 unspecified atom stereocenters. The van der Waals surface area contributed by atoms with Crippen LogP contribution in [0.1, 0.15) is 33.2 Å². The van der Waals surface area contributed by atoms with Crippen molar-refractivity contribution in [3.05, 3.63) is 60.5 Å². The second-order valence-corrected chi connectivity index (χ2v) is 9.53. The Hall–Kier alpha value is -3.43. The first-order valence-corrected chi connectivity index (χ1v) is 12.6. The maximum atomic E-state index is 14.9. The molecule has 5 heterocycles. The average Bonchev–Trinajstić information content (AvgIpc) is 3.15. The van der Waals surface area contributed by atoms with E-state index in [0.717, 1.165) is 56.1 Å². The number of piperazine rings is 1. The zero-order valence-electron chi connectivity index (χ0n) is 21.2. The first kappa shape index (κ1) is 24.3. The molecule has 0 atom stereocenters. The Bertz CT molecular complexity index is 1310. The van der Waals surface area contributed by atoms with Crippen LogP contribution in [0.2, 0.25) is 0 Å². The van der Waals surface area contributed by atoms with E-state index in [2.05, 4.69) is 68.0 Å². The van der Waals surface area contributed by atoms with Crippen molar-refractivity contribution in [2.24, 2.45) is 4.99 Å². The van der Waals surface area contributed by atoms with Crippen LogP contribution in [0.15, 0.2) is 59.6 Å². The van der Waals surface area contributed by atoms with Gasteiger partial charge in [0.2, 0.25) is 5.95 Å². The Morgan fingerprint density at radius 2 is 1.92 bits per heavy atom. The Labute approximate surface area is 211 Å². The zero-order valence-corrected chi connectivity index (χ0v) is 21.2. The van der Waals surface area contributed by atoms with Crippen LogP contribution in [0.3, 0.4) is 0 Å². The molecule has 9 heteroatoms. The van der Waals surface area contributed by atoms with Gasteiger partial charge in [0.25, 0.3) is 0 Å². The van der Waals surface area contributed by atoms with Gasteiger partial charge in [-0.05, 0) is 38.1 Å². The van der Waals surface area contributed by atoms with Crippen LogP contribution < -0.4 is 5.32 Å². The van der Waals surface area contributed by atoms with Crippen molar-refractivity contribution in [1.29, 1.82) is 0 Å². The summed E-state index contributed by atoms with van der Waals surface area (Å²) in [5, 5.41) is 4.05. The summed E-state index contributed by atoms with van der Waals surface area (Å²) in [7, 11) is 0. The van der Waals surface area contributed by atoms with Gasteiger partial charge in [-0.1, -0.05) is 19.1 Å². The molecule has 0 bridgehead atoms. The summed E-state index contributed by atoms with van der Waals surface area (Å²) < 4.78 is 17.0. The molecule has 0 radical (unpaired) electrons. The van der Waals surface area contributed by atoms with Crippen LogP contribution in [-0.4, -0.2) is 74.4 Å². The largest absolute Gasteiger partial charge is 0.329 e. The normalized spacial score (nSPS) is 17.4. The number of hydrogen-bond acceptors (Lipinski definition) is 7. The summed E-state index contributed by atoms with van der Waals surface area (Å²) in [6.45, 7) is 12.7. The minimum absolute atomic E-state index is 0.183. The number of halogens is 1. The van der Waals surface area contributed by atoms with Gasteiger partial charge in [-0.3, -0.25) is 4.90 Å². The van der Waals surface area contributed by atoms with Gasteiger partial charge >= 0.3 is 0 Å². The molecule has 1 fully saturated rings. The third-order valence-electron chi connectivity index (χ3n) is 6.75. The quantitative estimate of drug-likeness (QED) is 0.551. The summed E-state index contributed by atoms with van der Waals surface area (Å²) >= 11 is 0. The monoisotopic (exact) mass is 488 g/mol. The number of aliphatic imine (C=N–C) groups is 1. The number of amidine groups is 1. The predicted molar refractivity (Wildman–Crippen MR) is 143 cm³/mol. The third-order valence-corrected chi connectivity index (χ3v) is 6.75. The van der Waals surface area contributed by atoms with Crippen molar-refractivity contribution < 1.29 is 4.39 Å². The number of nitrogens with one attached hydrogen (secondary N) is 1. The molecular weight excluding hydrogens is 455 g/mol. The first-order chi connectivity index (χ1) is 17.5. The molecule has 2 aliphatic heterocycles. The molecule has 0 aromatic carbocycles. The maximum Gasteiger partial charge on any atom is 0.228 e. The highest BCUT2D eigenvalue weighted by Gasteiger charge is 2.19. The molecule has 0 aliphatic carbocycles. The van der Waals surface area contributed by atoms with Gasteiger partial charge in [0.05, 0.1) is 6.20 Å². The highest BCUT2D eigenvalue weighted by atomic mass is 19.1. The molecule has 0 saturated carbocycles. The molecule has 3 aromatic rings. The summed E-state index contributed by atoms with van der Waals surface area (Å²) in [5.41, 5.74) is 2.92. The van der Waals surface area contributed by atoms with Crippen LogP contribution in [0.4, 0.5) is 10.3 Å². The van der Waals surface area contributed by atoms with E-state index in [9.17, 15) is 4.39 Å². The average molecular weight is 489 g/mol. The predicted octanol–water partition coefficient (Wildman–Crippen LogP) is 4.51. The highest BCUT2D eigenvalue weighted by Crippen LogP contribution is 2.32. The fraction of sp³-hybridized carbons (Fsp3) is 0.407. The lowest BCUT2D eigenvalue weighted by atomic mass is 10.1. The van der Waals surface area contributed by atoms with Crippen LogP contribution in [0.25, 0.3) is 22.3 Å². The smallest absolute Gasteiger partial charge is 0.228 e. The zero-order chi connectivity index (χ0) is 25.1. The van der Waals surface area contributed by atoms with Crippen molar-refractivity contribution in [3.63, 3.8) is 0 Å². The van der Waals surface area contributed by atoms with Gasteiger partial charge < -0.3 is 14.8 Å². The molecular formula is C27H33FN8. The van der Waals surface area contributed by atoms with Gasteiger partial charge in [-0.15, -0.1) is 0 Å². The molecule has 5 rings (SSSR count). The number of fused-ring (bicyclic) bond motifs is 1. The van der Waals surface area contributed by atoms with Crippen LogP contribution in [0, 0.1) is 5.82 Å². The molecule has 3 aromatic heterocycles. The van der Waals surface area contributed by atoms with Crippen molar-refractivity contribution in [3.8, 4) is 11.3 Å². The maximum absolute atomic E-state index is 14.9. The number of likely N-dealkylation sites (N-methyl/N-ethyl adjacent to an activating group) is 1. The van der Waals surface area contributed by atoms with Gasteiger partial charge in [-0.2, -0.15) is 0 Å². The van der Waals surface area contributed by atoms with E-state index < -0.39 is 5.82 Å². The van der Waals surface area contributed by atoms with E-state index in [1.165, 1.54) is 11.8 Å². The van der Waals surface area contributed by atoms with Crippen LogP contribution in [0.5, 0.6) is 0 Å². The minimum atomic E-state index is -0.472. The van der Waals surface area contributed by atoms with E-state index in [0.29, 0.717) is 17.9 Å². The van der Waals surface area contributed by atoms with Gasteiger partial charge in [0.15, 0.2) is 5.82 Å². The molecule has 36 heavy (non-hydrogen) atoms. The van der Waals surface area contributed by atoms with E-state index in [4.69, 9.17) is 0 Å². The van der Waals surface area contributed by atoms with Crippen molar-refractivity contribution in [2.75, 3.05) is 44.6 Å². The summed E-state index contributed by atoms with van der Waals surface area (Å²) in [6.07, 6.45) is 11.6. The topological polar surface area (TPSA) is 74.5 Å². The second-order valence-electron chi connectivity index (χ2n) is 9.53. The summed E-state index contributed by atoms with van der Waals surface area (Å²) in [4.78, 5) is 22.8. The summed E-state index contributed by atoms with van der Waals surface area (Å²) in [6, 6.07) is 3.98. The molecule has 0 spiro atoms. The van der Waals surface area contributed by atoms with Crippen molar-refractivity contribution >= 4 is 22.8 Å².